The SMILES string of the molecule is C1=CC2=C(C=CI=1)C1(c3ccccc3O2)c2ccccc2-c2ccccc21. The van der Waals surface area contributed by atoms with E-state index in [9.17, 15) is 0 Å². The smallest absolute Gasteiger partial charge is 0.140 e. The van der Waals surface area contributed by atoms with Gasteiger partial charge in [-0.2, -0.15) is 0 Å². The molecule has 0 unspecified atom stereocenters. The van der Waals surface area contributed by atoms with Gasteiger partial charge in [-0.3, -0.25) is 0 Å². The molecule has 3 aromatic rings. The molecule has 6 rings (SSSR count). The topological polar surface area (TPSA) is 9.23 Å². The van der Waals surface area contributed by atoms with Crippen molar-refractivity contribution in [3.8, 4) is 16.9 Å². The molecule has 0 radical (unpaired) electrons. The molecule has 0 fully saturated rings. The van der Waals surface area contributed by atoms with Crippen LogP contribution in [0.3, 0.4) is 0 Å². The predicted molar refractivity (Wildman–Crippen MR) is 119 cm³/mol. The fourth-order valence-corrected chi connectivity index (χ4v) is 5.92. The highest BCUT2D eigenvalue weighted by atomic mass is 127. The van der Waals surface area contributed by atoms with Crippen LogP contribution in [-0.2, 0) is 5.41 Å². The lowest BCUT2D eigenvalue weighted by atomic mass is 9.65. The predicted octanol–water partition coefficient (Wildman–Crippen LogP) is 6.10. The minimum atomic E-state index is -0.333. The van der Waals surface area contributed by atoms with Crippen molar-refractivity contribution in [3.05, 3.63) is 117 Å². The van der Waals surface area contributed by atoms with E-state index in [-0.39, 0.29) is 26.1 Å². The van der Waals surface area contributed by atoms with Crippen molar-refractivity contribution in [1.29, 1.82) is 0 Å². The molecule has 2 aliphatic heterocycles. The van der Waals surface area contributed by atoms with E-state index in [1.54, 1.807) is 0 Å². The Morgan fingerprint density at radius 1 is 0.741 bits per heavy atom. The molecule has 1 spiro atoms. The number of ether oxygens (including phenoxy) is 1. The van der Waals surface area contributed by atoms with E-state index < -0.39 is 0 Å². The Labute approximate surface area is 168 Å². The van der Waals surface area contributed by atoms with Crippen molar-refractivity contribution in [1.82, 2.24) is 0 Å². The van der Waals surface area contributed by atoms with Gasteiger partial charge >= 0.3 is 0 Å². The summed E-state index contributed by atoms with van der Waals surface area (Å²) in [5.41, 5.74) is 7.43. The second-order valence-corrected chi connectivity index (χ2v) is 8.84. The summed E-state index contributed by atoms with van der Waals surface area (Å²) >= 11 is -0.205. The molecule has 2 heterocycles. The number of benzene rings is 3. The molecule has 3 aliphatic rings. The van der Waals surface area contributed by atoms with Crippen LogP contribution < -0.4 is 4.74 Å². The summed E-state index contributed by atoms with van der Waals surface area (Å²) in [4.78, 5) is 0. The molecule has 1 nitrogen and oxygen atoms in total. The summed E-state index contributed by atoms with van der Waals surface area (Å²) < 4.78 is 12.1. The zero-order valence-corrected chi connectivity index (χ0v) is 16.6. The third-order valence-electron chi connectivity index (χ3n) is 5.67. The lowest BCUT2D eigenvalue weighted by molar-refractivity contribution is 0.404. The van der Waals surface area contributed by atoms with Gasteiger partial charge in [-0.1, -0.05) is 70.4 Å². The second-order valence-electron chi connectivity index (χ2n) is 6.87. The molecule has 0 atom stereocenters. The first-order valence-corrected chi connectivity index (χ1v) is 11.3. The zero-order chi connectivity index (χ0) is 17.8. The molecule has 128 valence electrons. The molecule has 0 N–H and O–H groups in total. The molecule has 0 saturated carbocycles. The van der Waals surface area contributed by atoms with E-state index in [4.69, 9.17) is 4.74 Å². The lowest BCUT2D eigenvalue weighted by Gasteiger charge is -2.39. The Kier molecular flexibility index (Phi) is 3.22. The Bertz CT molecular complexity index is 1190. The van der Waals surface area contributed by atoms with Crippen molar-refractivity contribution >= 4 is 24.4 Å². The van der Waals surface area contributed by atoms with Crippen LogP contribution in [0.4, 0.5) is 0 Å². The summed E-state index contributed by atoms with van der Waals surface area (Å²) in [6.07, 6.45) is 4.35. The van der Waals surface area contributed by atoms with Gasteiger partial charge in [-0.15, -0.1) is 0 Å². The third kappa shape index (κ3) is 1.92. The van der Waals surface area contributed by atoms with Gasteiger partial charge < -0.3 is 4.74 Å². The molecule has 0 aromatic heterocycles. The number of fused-ring (bicyclic) bond motifs is 8. The van der Waals surface area contributed by atoms with Crippen molar-refractivity contribution in [2.75, 3.05) is 0 Å². The number of hydrogen-bond donors (Lipinski definition) is 0. The summed E-state index contributed by atoms with van der Waals surface area (Å²) in [5, 5.41) is 0. The Balaban J connectivity index is 1.85. The highest BCUT2D eigenvalue weighted by Gasteiger charge is 2.51. The van der Waals surface area contributed by atoms with Crippen molar-refractivity contribution in [2.24, 2.45) is 0 Å². The van der Waals surface area contributed by atoms with Crippen LogP contribution in [0.2, 0.25) is 0 Å². The van der Waals surface area contributed by atoms with Gasteiger partial charge in [0.1, 0.15) is 11.5 Å². The van der Waals surface area contributed by atoms with E-state index in [0.29, 0.717) is 0 Å². The van der Waals surface area contributed by atoms with E-state index in [2.05, 4.69) is 92.7 Å². The quantitative estimate of drug-likeness (QED) is 0.370. The van der Waals surface area contributed by atoms with Crippen LogP contribution in [0, 0.1) is 0 Å². The number of halogens is 1. The van der Waals surface area contributed by atoms with E-state index in [1.807, 2.05) is 0 Å². The van der Waals surface area contributed by atoms with Crippen molar-refractivity contribution < 1.29 is 4.74 Å². The Morgan fingerprint density at radius 3 is 2.11 bits per heavy atom. The van der Waals surface area contributed by atoms with Crippen molar-refractivity contribution in [3.63, 3.8) is 0 Å². The maximum absolute atomic E-state index is 6.36. The van der Waals surface area contributed by atoms with Gasteiger partial charge in [0.2, 0.25) is 0 Å². The molecule has 0 saturated heterocycles. The average molecular weight is 458 g/mol. The van der Waals surface area contributed by atoms with Crippen LogP contribution in [-0.4, -0.2) is 3.67 Å². The van der Waals surface area contributed by atoms with Crippen LogP contribution >= 0.6 is 20.7 Å². The Hall–Kier alpha value is -2.68. The number of allylic oxidation sites excluding steroid dienone is 3. The van der Waals surface area contributed by atoms with Gasteiger partial charge in [0.15, 0.2) is 0 Å². The zero-order valence-electron chi connectivity index (χ0n) is 14.4. The highest BCUT2D eigenvalue weighted by Crippen LogP contribution is 2.60. The lowest BCUT2D eigenvalue weighted by Crippen LogP contribution is -2.34. The third-order valence-corrected chi connectivity index (χ3v) is 7.06. The first-order valence-electron chi connectivity index (χ1n) is 9.00. The average Bonchev–Trinajstić information content (AvgIpc) is 2.84. The van der Waals surface area contributed by atoms with Crippen LogP contribution in [0.1, 0.15) is 16.7 Å². The maximum atomic E-state index is 6.36. The van der Waals surface area contributed by atoms with E-state index in [1.165, 1.54) is 33.4 Å². The molecule has 3 aromatic carbocycles. The summed E-state index contributed by atoms with van der Waals surface area (Å²) in [7, 11) is 0. The second kappa shape index (κ2) is 5.66. The van der Waals surface area contributed by atoms with Crippen LogP contribution in [0.5, 0.6) is 5.75 Å². The van der Waals surface area contributed by atoms with Crippen molar-refractivity contribution in [2.45, 2.75) is 5.41 Å². The van der Waals surface area contributed by atoms with Crippen LogP contribution in [0.25, 0.3) is 11.1 Å². The fraction of sp³-hybridized carbons (Fsp3) is 0.0400. The van der Waals surface area contributed by atoms with Gasteiger partial charge in [-0.05, 0) is 59.2 Å². The van der Waals surface area contributed by atoms with Crippen LogP contribution in [0.15, 0.2) is 100 Å². The fourth-order valence-electron chi connectivity index (χ4n) is 4.71. The minimum Gasteiger partial charge on any atom is -0.456 e. The summed E-state index contributed by atoms with van der Waals surface area (Å²) in [5.74, 6) is 1.86. The molecular formula is C25H15IO. The summed E-state index contributed by atoms with van der Waals surface area (Å²) in [6, 6.07) is 26.1. The molecule has 1 aliphatic carbocycles. The largest absolute Gasteiger partial charge is 0.456 e. The number of rotatable bonds is 0. The normalized spacial score (nSPS) is 17.3. The maximum Gasteiger partial charge on any atom is 0.140 e. The summed E-state index contributed by atoms with van der Waals surface area (Å²) in [6.45, 7) is 0. The van der Waals surface area contributed by atoms with E-state index >= 15 is 0 Å². The van der Waals surface area contributed by atoms with Gasteiger partial charge in [0, 0.05) is 17.2 Å². The number of para-hydroxylation sites is 1. The molecule has 2 heteroatoms. The Morgan fingerprint density at radius 2 is 1.37 bits per heavy atom. The monoisotopic (exact) mass is 458 g/mol. The van der Waals surface area contributed by atoms with Gasteiger partial charge in [-0.25, -0.2) is 0 Å². The molecular weight excluding hydrogens is 443 g/mol. The first kappa shape index (κ1) is 15.4. The molecule has 0 bridgehead atoms. The van der Waals surface area contributed by atoms with E-state index in [0.717, 1.165) is 11.5 Å². The highest BCUT2D eigenvalue weighted by molar-refractivity contribution is 14.2. The molecule has 0 amide bonds. The molecule has 27 heavy (non-hydrogen) atoms. The van der Waals surface area contributed by atoms with Gasteiger partial charge in [0.25, 0.3) is 0 Å². The number of hydrogen-bond acceptors (Lipinski definition) is 1. The van der Waals surface area contributed by atoms with Gasteiger partial charge in [0.05, 0.1) is 5.41 Å². The first-order chi connectivity index (χ1) is 13.4. The minimum absolute atomic E-state index is 0.205. The standard InChI is InChI=1S/C25H15IO/c1-3-9-19-17(7-1)18-8-2-4-10-20(18)25(19)21-11-5-6-12-23(21)27-24-14-16-26-15-13-22(24)25/h1-15H.